The molecule has 1 atom stereocenters. The standard InChI is InChI=1S/C19H20N2O3S/c1-12-16(18(22)24-4)17(21(3)19(23)20(12)2)15-11-10-14(25-15)13-8-6-5-7-9-13/h5-11,17H,1-4H3/t17-/m0/s1. The minimum absolute atomic E-state index is 0.148. The molecule has 2 aromatic rings. The van der Waals surface area contributed by atoms with E-state index in [0.717, 1.165) is 15.3 Å². The summed E-state index contributed by atoms with van der Waals surface area (Å²) in [6, 6.07) is 13.4. The number of likely N-dealkylation sites (N-methyl/N-ethyl adjacent to an activating group) is 1. The van der Waals surface area contributed by atoms with E-state index >= 15 is 0 Å². The predicted octanol–water partition coefficient (Wildman–Crippen LogP) is 3.90. The third-order valence-electron chi connectivity index (χ3n) is 4.50. The Hall–Kier alpha value is -2.60. The molecule has 1 aliphatic heterocycles. The predicted molar refractivity (Wildman–Crippen MR) is 98.1 cm³/mol. The Morgan fingerprint density at radius 1 is 1.12 bits per heavy atom. The van der Waals surface area contributed by atoms with Gasteiger partial charge in [0.25, 0.3) is 0 Å². The van der Waals surface area contributed by atoms with Crippen LogP contribution in [0.25, 0.3) is 10.4 Å². The molecule has 1 aliphatic rings. The summed E-state index contributed by atoms with van der Waals surface area (Å²) in [5.41, 5.74) is 2.23. The highest BCUT2D eigenvalue weighted by Gasteiger charge is 2.39. The molecule has 5 nitrogen and oxygen atoms in total. The molecule has 0 fully saturated rings. The zero-order valence-corrected chi connectivity index (χ0v) is 15.5. The number of benzene rings is 1. The van der Waals surface area contributed by atoms with Crippen molar-refractivity contribution < 1.29 is 14.3 Å². The van der Waals surface area contributed by atoms with E-state index in [1.165, 1.54) is 12.0 Å². The van der Waals surface area contributed by atoms with E-state index < -0.39 is 12.0 Å². The number of esters is 1. The molecule has 3 rings (SSSR count). The van der Waals surface area contributed by atoms with Gasteiger partial charge in [0.1, 0.15) is 6.04 Å². The molecule has 2 amide bonds. The summed E-state index contributed by atoms with van der Waals surface area (Å²) in [5, 5.41) is 0. The second-order valence-electron chi connectivity index (χ2n) is 5.91. The maximum absolute atomic E-state index is 12.5. The maximum Gasteiger partial charge on any atom is 0.338 e. The quantitative estimate of drug-likeness (QED) is 0.784. The number of allylic oxidation sites excluding steroid dienone is 1. The van der Waals surface area contributed by atoms with Crippen molar-refractivity contribution in [2.45, 2.75) is 13.0 Å². The summed E-state index contributed by atoms with van der Waals surface area (Å²) in [4.78, 5) is 30.0. The lowest BCUT2D eigenvalue weighted by molar-refractivity contribution is -0.137. The van der Waals surface area contributed by atoms with Gasteiger partial charge in [-0.05, 0) is 24.6 Å². The van der Waals surface area contributed by atoms with Gasteiger partial charge < -0.3 is 14.5 Å². The van der Waals surface area contributed by atoms with E-state index in [0.29, 0.717) is 11.3 Å². The summed E-state index contributed by atoms with van der Waals surface area (Å²) in [6.07, 6.45) is 0. The first-order valence-corrected chi connectivity index (χ1v) is 8.72. The number of nitrogens with zero attached hydrogens (tertiary/aromatic N) is 2. The van der Waals surface area contributed by atoms with Crippen LogP contribution in [0.5, 0.6) is 0 Å². The van der Waals surface area contributed by atoms with E-state index in [-0.39, 0.29) is 6.03 Å². The average Bonchev–Trinajstić information content (AvgIpc) is 3.12. The molecule has 6 heteroatoms. The highest BCUT2D eigenvalue weighted by Crippen LogP contribution is 2.41. The Balaban J connectivity index is 2.09. The van der Waals surface area contributed by atoms with Crippen LogP contribution < -0.4 is 0 Å². The van der Waals surface area contributed by atoms with Crippen LogP contribution in [0, 0.1) is 0 Å². The number of amides is 2. The molecule has 0 aliphatic carbocycles. The molecule has 1 aromatic heterocycles. The lowest BCUT2D eigenvalue weighted by Gasteiger charge is -2.38. The van der Waals surface area contributed by atoms with E-state index in [2.05, 4.69) is 0 Å². The molecule has 0 N–H and O–H groups in total. The Morgan fingerprint density at radius 2 is 1.80 bits per heavy atom. The summed E-state index contributed by atoms with van der Waals surface area (Å²) in [5.74, 6) is -0.414. The third-order valence-corrected chi connectivity index (χ3v) is 5.69. The Morgan fingerprint density at radius 3 is 2.44 bits per heavy atom. The van der Waals surface area contributed by atoms with Crippen LogP contribution in [0.3, 0.4) is 0 Å². The zero-order valence-electron chi connectivity index (χ0n) is 14.6. The van der Waals surface area contributed by atoms with Crippen molar-refractivity contribution in [3.05, 3.63) is 58.6 Å². The summed E-state index contributed by atoms with van der Waals surface area (Å²) >= 11 is 1.58. The molecule has 0 saturated carbocycles. The van der Waals surface area contributed by atoms with Crippen molar-refractivity contribution in [1.29, 1.82) is 0 Å². The minimum Gasteiger partial charge on any atom is -0.466 e. The number of urea groups is 1. The maximum atomic E-state index is 12.5. The van der Waals surface area contributed by atoms with Gasteiger partial charge >= 0.3 is 12.0 Å². The Kier molecular flexibility index (Phi) is 4.63. The molecule has 2 heterocycles. The lowest BCUT2D eigenvalue weighted by Crippen LogP contribution is -2.47. The summed E-state index contributed by atoms with van der Waals surface area (Å²) in [7, 11) is 4.73. The summed E-state index contributed by atoms with van der Waals surface area (Å²) in [6.45, 7) is 1.77. The van der Waals surface area contributed by atoms with E-state index in [4.69, 9.17) is 4.74 Å². The van der Waals surface area contributed by atoms with Gasteiger partial charge in [-0.25, -0.2) is 9.59 Å². The van der Waals surface area contributed by atoms with Gasteiger partial charge in [0, 0.05) is 29.5 Å². The lowest BCUT2D eigenvalue weighted by atomic mass is 9.99. The van der Waals surface area contributed by atoms with Crippen molar-refractivity contribution in [2.75, 3.05) is 21.2 Å². The monoisotopic (exact) mass is 356 g/mol. The number of rotatable bonds is 3. The summed E-state index contributed by atoms with van der Waals surface area (Å²) < 4.78 is 4.98. The molecule has 0 unspecified atom stereocenters. The number of carbonyl (C=O) groups excluding carboxylic acids is 2. The fourth-order valence-corrected chi connectivity index (χ4v) is 4.19. The molecule has 25 heavy (non-hydrogen) atoms. The van der Waals surface area contributed by atoms with Crippen LogP contribution in [0.2, 0.25) is 0 Å². The molecule has 0 radical (unpaired) electrons. The van der Waals surface area contributed by atoms with Gasteiger partial charge in [-0.15, -0.1) is 11.3 Å². The van der Waals surface area contributed by atoms with E-state index in [9.17, 15) is 9.59 Å². The molecule has 0 spiro atoms. The highest BCUT2D eigenvalue weighted by molar-refractivity contribution is 7.15. The van der Waals surface area contributed by atoms with E-state index in [1.807, 2.05) is 42.5 Å². The van der Waals surface area contributed by atoms with Crippen LogP contribution in [0.4, 0.5) is 4.79 Å². The fraction of sp³-hybridized carbons (Fsp3) is 0.263. The van der Waals surface area contributed by atoms with Crippen LogP contribution in [0.1, 0.15) is 17.8 Å². The van der Waals surface area contributed by atoms with Crippen LogP contribution in [-0.2, 0) is 9.53 Å². The van der Waals surface area contributed by atoms with E-state index in [1.54, 1.807) is 37.3 Å². The second-order valence-corrected chi connectivity index (χ2v) is 7.03. The number of methoxy groups -OCH3 is 1. The van der Waals surface area contributed by atoms with Crippen molar-refractivity contribution >= 4 is 23.3 Å². The number of thiophene rings is 1. The van der Waals surface area contributed by atoms with Crippen molar-refractivity contribution in [1.82, 2.24) is 9.80 Å². The number of hydrogen-bond donors (Lipinski definition) is 0. The van der Waals surface area contributed by atoms with Gasteiger partial charge in [0.15, 0.2) is 0 Å². The van der Waals surface area contributed by atoms with Crippen LogP contribution in [-0.4, -0.2) is 43.0 Å². The topological polar surface area (TPSA) is 49.9 Å². The minimum atomic E-state index is -0.446. The number of hydrogen-bond acceptors (Lipinski definition) is 4. The van der Waals surface area contributed by atoms with Gasteiger partial charge in [-0.1, -0.05) is 30.3 Å². The first kappa shape index (κ1) is 17.2. The number of ether oxygens (including phenoxy) is 1. The molecular formula is C19H20N2O3S. The van der Waals surface area contributed by atoms with Crippen LogP contribution in [0.15, 0.2) is 53.7 Å². The van der Waals surface area contributed by atoms with Crippen LogP contribution >= 0.6 is 11.3 Å². The van der Waals surface area contributed by atoms with Crippen molar-refractivity contribution in [3.63, 3.8) is 0 Å². The Bertz CT molecular complexity index is 841. The van der Waals surface area contributed by atoms with Crippen molar-refractivity contribution in [2.24, 2.45) is 0 Å². The Labute approximate surface area is 151 Å². The molecular weight excluding hydrogens is 336 g/mol. The fourth-order valence-electron chi connectivity index (χ4n) is 3.02. The first-order chi connectivity index (χ1) is 12.0. The van der Waals surface area contributed by atoms with Gasteiger partial charge in [0.2, 0.25) is 0 Å². The van der Waals surface area contributed by atoms with Crippen molar-refractivity contribution in [3.8, 4) is 10.4 Å². The second kappa shape index (κ2) is 6.72. The molecule has 0 saturated heterocycles. The molecule has 130 valence electrons. The smallest absolute Gasteiger partial charge is 0.338 e. The first-order valence-electron chi connectivity index (χ1n) is 7.90. The van der Waals surface area contributed by atoms with Gasteiger partial charge in [-0.3, -0.25) is 0 Å². The van der Waals surface area contributed by atoms with Gasteiger partial charge in [0.05, 0.1) is 12.7 Å². The zero-order chi connectivity index (χ0) is 18.1. The largest absolute Gasteiger partial charge is 0.466 e. The molecule has 1 aromatic carbocycles. The highest BCUT2D eigenvalue weighted by atomic mass is 32.1. The normalized spacial score (nSPS) is 17.9. The SMILES string of the molecule is COC(=O)C1=C(C)N(C)C(=O)N(C)[C@H]1c1ccc(-c2ccccc2)s1. The molecule has 0 bridgehead atoms. The van der Waals surface area contributed by atoms with Gasteiger partial charge in [-0.2, -0.15) is 0 Å². The average molecular weight is 356 g/mol. The third kappa shape index (κ3) is 2.93. The number of carbonyl (C=O) groups is 2.